The number of likely N-dealkylation sites (N-methyl/N-ethyl adjacent to an activating group) is 1. The Balaban J connectivity index is 1.85. The average Bonchev–Trinajstić information content (AvgIpc) is 3.32. The lowest BCUT2D eigenvalue weighted by Crippen LogP contribution is -2.48. The molecule has 0 atom stereocenters. The molecule has 1 aliphatic carbocycles. The summed E-state index contributed by atoms with van der Waals surface area (Å²) >= 11 is 0. The molecule has 0 spiro atoms. The van der Waals surface area contributed by atoms with Crippen LogP contribution in [-0.2, 0) is 4.79 Å². The molecule has 9 nitrogen and oxygen atoms in total. The normalized spacial score (nSPS) is 15.2. The number of rotatable bonds is 8. The van der Waals surface area contributed by atoms with Gasteiger partial charge < -0.3 is 20.9 Å². The van der Waals surface area contributed by atoms with Crippen molar-refractivity contribution in [2.45, 2.75) is 32.2 Å². The molecule has 0 saturated carbocycles. The highest BCUT2D eigenvalue weighted by atomic mass is 19.1. The third-order valence-electron chi connectivity index (χ3n) is 4.95. The maximum absolute atomic E-state index is 14.0. The number of hydrogen-bond acceptors (Lipinski definition) is 8. The Kier molecular flexibility index (Phi) is 7.26. The van der Waals surface area contributed by atoms with Gasteiger partial charge in [0.05, 0.1) is 23.5 Å². The standard InChI is InChI=1S/C22H26FN7O2/c1-22(2,25-3)21(31)29-19-8-10-26-20(28-19)16(24)12-18(17-9-11-32-30-17)27-13-14-6-4-5-7-15(14)23/h6-12,25H,4-5,13,24H2,1-3H3,(H,26,28,29,31). The minimum absolute atomic E-state index is 0.129. The molecule has 2 aromatic heterocycles. The fourth-order valence-corrected chi connectivity index (χ4v) is 2.72. The Morgan fingerprint density at radius 2 is 2.12 bits per heavy atom. The second kappa shape index (κ2) is 10.1. The van der Waals surface area contributed by atoms with Crippen LogP contribution < -0.4 is 16.4 Å². The van der Waals surface area contributed by atoms with E-state index in [0.717, 1.165) is 6.42 Å². The van der Waals surface area contributed by atoms with Crippen molar-refractivity contribution in [3.05, 3.63) is 65.7 Å². The Morgan fingerprint density at radius 1 is 1.34 bits per heavy atom. The van der Waals surface area contributed by atoms with Crippen molar-refractivity contribution >= 4 is 23.1 Å². The van der Waals surface area contributed by atoms with Crippen molar-refractivity contribution in [1.29, 1.82) is 0 Å². The summed E-state index contributed by atoms with van der Waals surface area (Å²) in [6.07, 6.45) is 9.27. The Bertz CT molecular complexity index is 1090. The summed E-state index contributed by atoms with van der Waals surface area (Å²) in [5.74, 6) is -0.0241. The first-order valence-corrected chi connectivity index (χ1v) is 10.1. The van der Waals surface area contributed by atoms with Crippen LogP contribution in [0.1, 0.15) is 38.2 Å². The first-order chi connectivity index (χ1) is 15.3. The zero-order valence-corrected chi connectivity index (χ0v) is 18.2. The van der Waals surface area contributed by atoms with Crippen LogP contribution in [0.25, 0.3) is 5.70 Å². The van der Waals surface area contributed by atoms with Gasteiger partial charge in [-0.05, 0) is 52.0 Å². The molecular formula is C22H26FN7O2. The van der Waals surface area contributed by atoms with E-state index in [-0.39, 0.29) is 29.8 Å². The number of nitrogens with zero attached hydrogens (tertiary/aromatic N) is 4. The molecule has 0 saturated heterocycles. The monoisotopic (exact) mass is 439 g/mol. The molecule has 0 unspecified atom stereocenters. The van der Waals surface area contributed by atoms with Crippen LogP contribution in [0.4, 0.5) is 10.2 Å². The Morgan fingerprint density at radius 3 is 2.81 bits per heavy atom. The molecule has 168 valence electrons. The number of aromatic nitrogens is 3. The van der Waals surface area contributed by atoms with Crippen molar-refractivity contribution in [3.8, 4) is 0 Å². The summed E-state index contributed by atoms with van der Waals surface area (Å²) in [6.45, 7) is 3.63. The van der Waals surface area contributed by atoms with Crippen LogP contribution in [0.3, 0.4) is 0 Å². The van der Waals surface area contributed by atoms with Gasteiger partial charge in [-0.15, -0.1) is 0 Å². The number of hydrogen-bond donors (Lipinski definition) is 3. The smallest absolute Gasteiger partial charge is 0.245 e. The van der Waals surface area contributed by atoms with E-state index < -0.39 is 5.54 Å². The Hall–Kier alpha value is -3.66. The summed E-state index contributed by atoms with van der Waals surface area (Å²) in [6, 6.07) is 3.19. The van der Waals surface area contributed by atoms with Gasteiger partial charge in [-0.3, -0.25) is 9.79 Å². The molecular weight excluding hydrogens is 413 g/mol. The molecule has 1 aliphatic rings. The molecule has 10 heteroatoms. The highest BCUT2D eigenvalue weighted by molar-refractivity contribution is 6.10. The highest BCUT2D eigenvalue weighted by Gasteiger charge is 2.25. The molecule has 0 bridgehead atoms. The third-order valence-corrected chi connectivity index (χ3v) is 4.95. The first-order valence-electron chi connectivity index (χ1n) is 10.1. The van der Waals surface area contributed by atoms with Gasteiger partial charge in [0.25, 0.3) is 0 Å². The SMILES string of the molecule is CNC(C)(C)C(=O)Nc1ccnc(C(N)=CC(=NCC2=CCCC=C2F)c2ccon2)n1. The molecule has 0 aliphatic heterocycles. The van der Waals surface area contributed by atoms with Crippen LogP contribution in [0.2, 0.25) is 0 Å². The first kappa shape index (κ1) is 23.0. The molecule has 2 aromatic rings. The topological polar surface area (TPSA) is 131 Å². The largest absolute Gasteiger partial charge is 0.396 e. The van der Waals surface area contributed by atoms with Gasteiger partial charge in [0.1, 0.15) is 23.6 Å². The molecule has 1 amide bonds. The number of nitrogens with one attached hydrogen (secondary N) is 2. The third kappa shape index (κ3) is 5.73. The van der Waals surface area contributed by atoms with E-state index >= 15 is 0 Å². The lowest BCUT2D eigenvalue weighted by atomic mass is 10.1. The van der Waals surface area contributed by atoms with Gasteiger partial charge in [-0.2, -0.15) is 0 Å². The summed E-state index contributed by atoms with van der Waals surface area (Å²) in [7, 11) is 1.70. The molecule has 0 radical (unpaired) electrons. The van der Waals surface area contributed by atoms with E-state index in [4.69, 9.17) is 10.3 Å². The summed E-state index contributed by atoms with van der Waals surface area (Å²) in [5, 5.41) is 9.56. The zero-order chi connectivity index (χ0) is 23.1. The van der Waals surface area contributed by atoms with Crippen molar-refractivity contribution in [2.24, 2.45) is 10.7 Å². The average molecular weight is 439 g/mol. The lowest BCUT2D eigenvalue weighted by Gasteiger charge is -2.22. The van der Waals surface area contributed by atoms with Crippen LogP contribution in [0.15, 0.2) is 63.7 Å². The maximum Gasteiger partial charge on any atom is 0.245 e. The fraction of sp³-hybridized carbons (Fsp3) is 0.318. The zero-order valence-electron chi connectivity index (χ0n) is 18.2. The summed E-state index contributed by atoms with van der Waals surface area (Å²) in [4.78, 5) is 25.3. The van der Waals surface area contributed by atoms with Gasteiger partial charge in [-0.1, -0.05) is 11.2 Å². The molecule has 0 fully saturated rings. The van der Waals surface area contributed by atoms with E-state index in [9.17, 15) is 9.18 Å². The second-order valence-corrected chi connectivity index (χ2v) is 7.64. The minimum atomic E-state index is -0.781. The highest BCUT2D eigenvalue weighted by Crippen LogP contribution is 2.20. The van der Waals surface area contributed by atoms with Gasteiger partial charge in [0.15, 0.2) is 5.82 Å². The quantitative estimate of drug-likeness (QED) is 0.539. The number of allylic oxidation sites excluding steroid dienone is 3. The number of aliphatic imine (C=N–C) groups is 1. The predicted octanol–water partition coefficient (Wildman–Crippen LogP) is 2.76. The van der Waals surface area contributed by atoms with E-state index in [1.807, 2.05) is 6.08 Å². The molecule has 32 heavy (non-hydrogen) atoms. The van der Waals surface area contributed by atoms with Crippen molar-refractivity contribution in [2.75, 3.05) is 18.9 Å². The van der Waals surface area contributed by atoms with E-state index in [1.54, 1.807) is 45.2 Å². The van der Waals surface area contributed by atoms with Gasteiger partial charge in [-0.25, -0.2) is 14.4 Å². The van der Waals surface area contributed by atoms with Crippen LogP contribution in [0, 0.1) is 0 Å². The second-order valence-electron chi connectivity index (χ2n) is 7.64. The van der Waals surface area contributed by atoms with E-state index in [0.29, 0.717) is 29.2 Å². The van der Waals surface area contributed by atoms with E-state index in [2.05, 4.69) is 30.8 Å². The van der Waals surface area contributed by atoms with Crippen molar-refractivity contribution in [3.63, 3.8) is 0 Å². The predicted molar refractivity (Wildman–Crippen MR) is 120 cm³/mol. The lowest BCUT2D eigenvalue weighted by molar-refractivity contribution is -0.121. The Labute approximate surface area is 185 Å². The summed E-state index contributed by atoms with van der Waals surface area (Å²) < 4.78 is 18.9. The number of amides is 1. The van der Waals surface area contributed by atoms with Crippen LogP contribution >= 0.6 is 0 Å². The number of halogens is 1. The number of anilines is 1. The number of carbonyl (C=O) groups excluding carboxylic acids is 1. The van der Waals surface area contributed by atoms with Crippen molar-refractivity contribution in [1.82, 2.24) is 20.4 Å². The van der Waals surface area contributed by atoms with Gasteiger partial charge in [0.2, 0.25) is 5.91 Å². The van der Waals surface area contributed by atoms with Gasteiger partial charge in [0, 0.05) is 17.8 Å². The molecule has 3 rings (SSSR count). The summed E-state index contributed by atoms with van der Waals surface area (Å²) in [5.41, 5.74) is 6.98. The fourth-order valence-electron chi connectivity index (χ4n) is 2.72. The molecule has 4 N–H and O–H groups in total. The maximum atomic E-state index is 14.0. The number of nitrogens with two attached hydrogens (primary N) is 1. The molecule has 0 aromatic carbocycles. The van der Waals surface area contributed by atoms with Gasteiger partial charge >= 0.3 is 0 Å². The van der Waals surface area contributed by atoms with Crippen LogP contribution in [-0.4, -0.2) is 45.9 Å². The molecule has 2 heterocycles. The minimum Gasteiger partial charge on any atom is -0.396 e. The van der Waals surface area contributed by atoms with Crippen LogP contribution in [0.5, 0.6) is 0 Å². The van der Waals surface area contributed by atoms with Crippen molar-refractivity contribution < 1.29 is 13.7 Å². The van der Waals surface area contributed by atoms with E-state index in [1.165, 1.54) is 12.5 Å². The number of carbonyl (C=O) groups is 1.